The number of anilines is 1. The van der Waals surface area contributed by atoms with Crippen LogP contribution in [0.2, 0.25) is 5.02 Å². The van der Waals surface area contributed by atoms with E-state index in [4.69, 9.17) is 11.6 Å². The number of rotatable bonds is 5. The van der Waals surface area contributed by atoms with Crippen molar-refractivity contribution < 1.29 is 4.79 Å². The number of benzene rings is 2. The highest BCUT2D eigenvalue weighted by atomic mass is 35.5. The summed E-state index contributed by atoms with van der Waals surface area (Å²) in [5.74, 6) is -0.0243. The number of fused-ring (bicyclic) bond motifs is 1. The van der Waals surface area contributed by atoms with Crippen LogP contribution in [0.1, 0.15) is 36.1 Å². The first-order valence-corrected chi connectivity index (χ1v) is 8.40. The molecule has 0 aromatic heterocycles. The van der Waals surface area contributed by atoms with Gasteiger partial charge in [-0.15, -0.1) is 0 Å². The predicted molar refractivity (Wildman–Crippen MR) is 95.0 cm³/mol. The summed E-state index contributed by atoms with van der Waals surface area (Å²) < 4.78 is 0. The lowest BCUT2D eigenvalue weighted by molar-refractivity contribution is -0.115. The summed E-state index contributed by atoms with van der Waals surface area (Å²) in [5.41, 5.74) is 4.78. The SMILES string of the molecule is C[C@H](NCC(=O)Nc1ccc2c(c1)CCC2)c1ccc(Cl)cc1. The van der Waals surface area contributed by atoms with Gasteiger partial charge in [-0.25, -0.2) is 0 Å². The number of aryl methyl sites for hydroxylation is 2. The summed E-state index contributed by atoms with van der Waals surface area (Å²) in [6.45, 7) is 2.31. The first-order chi connectivity index (χ1) is 11.1. The molecule has 0 bridgehead atoms. The fourth-order valence-corrected chi connectivity index (χ4v) is 3.10. The van der Waals surface area contributed by atoms with Crippen molar-refractivity contribution in [2.45, 2.75) is 32.2 Å². The van der Waals surface area contributed by atoms with Gasteiger partial charge in [0.2, 0.25) is 5.91 Å². The predicted octanol–water partition coefficient (Wildman–Crippen LogP) is 4.12. The molecular weight excluding hydrogens is 308 g/mol. The van der Waals surface area contributed by atoms with E-state index in [1.807, 2.05) is 37.3 Å². The number of amides is 1. The normalized spacial score (nSPS) is 14.3. The van der Waals surface area contributed by atoms with Crippen LogP contribution in [-0.4, -0.2) is 12.5 Å². The van der Waals surface area contributed by atoms with Gasteiger partial charge in [0.25, 0.3) is 0 Å². The van der Waals surface area contributed by atoms with E-state index in [0.717, 1.165) is 29.1 Å². The molecule has 0 radical (unpaired) electrons. The van der Waals surface area contributed by atoms with Crippen LogP contribution in [0.3, 0.4) is 0 Å². The van der Waals surface area contributed by atoms with Gasteiger partial charge in [0.1, 0.15) is 0 Å². The van der Waals surface area contributed by atoms with Crippen molar-refractivity contribution in [3.63, 3.8) is 0 Å². The molecular formula is C19H21ClN2O. The molecule has 1 aliphatic carbocycles. The van der Waals surface area contributed by atoms with Crippen molar-refractivity contribution in [3.05, 3.63) is 64.2 Å². The molecule has 120 valence electrons. The van der Waals surface area contributed by atoms with Gasteiger partial charge in [-0.05, 0) is 67.1 Å². The van der Waals surface area contributed by atoms with Crippen molar-refractivity contribution in [1.82, 2.24) is 5.32 Å². The summed E-state index contributed by atoms with van der Waals surface area (Å²) in [6, 6.07) is 14.0. The summed E-state index contributed by atoms with van der Waals surface area (Å²) >= 11 is 5.89. The third kappa shape index (κ3) is 4.12. The minimum atomic E-state index is -0.0243. The fourth-order valence-electron chi connectivity index (χ4n) is 2.97. The van der Waals surface area contributed by atoms with Gasteiger partial charge >= 0.3 is 0 Å². The zero-order chi connectivity index (χ0) is 16.2. The molecule has 0 unspecified atom stereocenters. The molecule has 2 aromatic rings. The molecule has 3 rings (SSSR count). The summed E-state index contributed by atoms with van der Waals surface area (Å²) in [7, 11) is 0. The van der Waals surface area contributed by atoms with Crippen molar-refractivity contribution in [2.24, 2.45) is 0 Å². The first-order valence-electron chi connectivity index (χ1n) is 8.02. The van der Waals surface area contributed by atoms with Crippen LogP contribution in [0.4, 0.5) is 5.69 Å². The molecule has 0 spiro atoms. The lowest BCUT2D eigenvalue weighted by Gasteiger charge is -2.14. The highest BCUT2D eigenvalue weighted by Gasteiger charge is 2.12. The van der Waals surface area contributed by atoms with E-state index in [-0.39, 0.29) is 18.5 Å². The minimum absolute atomic E-state index is 0.0243. The second-order valence-corrected chi connectivity index (χ2v) is 6.48. The Bertz CT molecular complexity index is 697. The Balaban J connectivity index is 1.52. The monoisotopic (exact) mass is 328 g/mol. The van der Waals surface area contributed by atoms with E-state index < -0.39 is 0 Å². The highest BCUT2D eigenvalue weighted by molar-refractivity contribution is 6.30. The van der Waals surface area contributed by atoms with E-state index in [9.17, 15) is 4.79 Å². The molecule has 0 fully saturated rings. The zero-order valence-corrected chi connectivity index (χ0v) is 14.0. The first kappa shape index (κ1) is 16.0. The van der Waals surface area contributed by atoms with Gasteiger partial charge in [-0.1, -0.05) is 29.8 Å². The Hall–Kier alpha value is -1.84. The maximum Gasteiger partial charge on any atom is 0.238 e. The van der Waals surface area contributed by atoms with Crippen molar-refractivity contribution in [1.29, 1.82) is 0 Å². The van der Waals surface area contributed by atoms with E-state index in [1.165, 1.54) is 17.5 Å². The second kappa shape index (κ2) is 7.16. The molecule has 1 aliphatic rings. The molecule has 2 N–H and O–H groups in total. The molecule has 0 saturated heterocycles. The lowest BCUT2D eigenvalue weighted by atomic mass is 10.1. The number of hydrogen-bond acceptors (Lipinski definition) is 2. The number of halogens is 1. The Morgan fingerprint density at radius 1 is 1.13 bits per heavy atom. The summed E-state index contributed by atoms with van der Waals surface area (Å²) in [6.07, 6.45) is 3.49. The third-order valence-corrected chi connectivity index (χ3v) is 4.57. The summed E-state index contributed by atoms with van der Waals surface area (Å²) in [5, 5.41) is 6.92. The molecule has 1 amide bonds. The van der Waals surface area contributed by atoms with E-state index in [1.54, 1.807) is 0 Å². The molecule has 0 aliphatic heterocycles. The van der Waals surface area contributed by atoms with Crippen LogP contribution < -0.4 is 10.6 Å². The molecule has 0 heterocycles. The quantitative estimate of drug-likeness (QED) is 0.867. The molecule has 1 atom stereocenters. The van der Waals surface area contributed by atoms with E-state index in [2.05, 4.69) is 22.8 Å². The van der Waals surface area contributed by atoms with Crippen molar-refractivity contribution >= 4 is 23.2 Å². The lowest BCUT2D eigenvalue weighted by Crippen LogP contribution is -2.30. The van der Waals surface area contributed by atoms with Crippen LogP contribution in [0.5, 0.6) is 0 Å². The Kier molecular flexibility index (Phi) is 4.99. The highest BCUT2D eigenvalue weighted by Crippen LogP contribution is 2.24. The molecule has 2 aromatic carbocycles. The zero-order valence-electron chi connectivity index (χ0n) is 13.2. The Labute approximate surface area is 142 Å². The van der Waals surface area contributed by atoms with E-state index >= 15 is 0 Å². The van der Waals surface area contributed by atoms with Crippen molar-refractivity contribution in [2.75, 3.05) is 11.9 Å². The number of nitrogens with one attached hydrogen (secondary N) is 2. The van der Waals surface area contributed by atoms with E-state index in [0.29, 0.717) is 0 Å². The second-order valence-electron chi connectivity index (χ2n) is 6.04. The van der Waals surface area contributed by atoms with Crippen LogP contribution in [0.15, 0.2) is 42.5 Å². The summed E-state index contributed by atoms with van der Waals surface area (Å²) in [4.78, 5) is 12.1. The minimum Gasteiger partial charge on any atom is -0.325 e. The average Bonchev–Trinajstić information content (AvgIpc) is 3.01. The van der Waals surface area contributed by atoms with Gasteiger partial charge < -0.3 is 10.6 Å². The smallest absolute Gasteiger partial charge is 0.238 e. The van der Waals surface area contributed by atoms with Crippen LogP contribution >= 0.6 is 11.6 Å². The average molecular weight is 329 g/mol. The van der Waals surface area contributed by atoms with Gasteiger partial charge in [0.15, 0.2) is 0 Å². The van der Waals surface area contributed by atoms with Gasteiger partial charge in [0, 0.05) is 16.8 Å². The molecule has 23 heavy (non-hydrogen) atoms. The van der Waals surface area contributed by atoms with Crippen LogP contribution in [0, 0.1) is 0 Å². The molecule has 4 heteroatoms. The number of carbonyl (C=O) groups excluding carboxylic acids is 1. The van der Waals surface area contributed by atoms with Crippen LogP contribution in [-0.2, 0) is 17.6 Å². The van der Waals surface area contributed by atoms with Crippen LogP contribution in [0.25, 0.3) is 0 Å². The Morgan fingerprint density at radius 2 is 1.87 bits per heavy atom. The Morgan fingerprint density at radius 3 is 2.65 bits per heavy atom. The fraction of sp³-hybridized carbons (Fsp3) is 0.316. The number of hydrogen-bond donors (Lipinski definition) is 2. The topological polar surface area (TPSA) is 41.1 Å². The van der Waals surface area contributed by atoms with Crippen molar-refractivity contribution in [3.8, 4) is 0 Å². The van der Waals surface area contributed by atoms with Gasteiger partial charge in [-0.3, -0.25) is 4.79 Å². The molecule has 3 nitrogen and oxygen atoms in total. The third-order valence-electron chi connectivity index (χ3n) is 4.32. The van der Waals surface area contributed by atoms with Gasteiger partial charge in [-0.2, -0.15) is 0 Å². The number of carbonyl (C=O) groups is 1. The van der Waals surface area contributed by atoms with Gasteiger partial charge in [0.05, 0.1) is 6.54 Å². The molecule has 0 saturated carbocycles. The maximum absolute atomic E-state index is 12.1. The maximum atomic E-state index is 12.1. The largest absolute Gasteiger partial charge is 0.325 e. The standard InChI is InChI=1S/C19H21ClN2O/c1-13(14-5-8-17(20)9-6-14)21-12-19(23)22-18-10-7-15-3-2-4-16(15)11-18/h5-11,13,21H,2-4,12H2,1H3,(H,22,23)/t13-/m0/s1.